The molecule has 6 nitrogen and oxygen atoms in total. The average Bonchev–Trinajstić information content (AvgIpc) is 3.02. The number of aryl methyl sites for hydroxylation is 1. The summed E-state index contributed by atoms with van der Waals surface area (Å²) in [6, 6.07) is 7.54. The van der Waals surface area contributed by atoms with Crippen molar-refractivity contribution in [3.63, 3.8) is 0 Å². The van der Waals surface area contributed by atoms with E-state index in [9.17, 15) is 4.79 Å². The number of fused-ring (bicyclic) bond motifs is 1. The number of amides is 1. The van der Waals surface area contributed by atoms with E-state index in [4.69, 9.17) is 0 Å². The lowest BCUT2D eigenvalue weighted by molar-refractivity contribution is 0.0946. The van der Waals surface area contributed by atoms with Crippen LogP contribution >= 0.6 is 15.9 Å². The fourth-order valence-electron chi connectivity index (χ4n) is 2.19. The van der Waals surface area contributed by atoms with Crippen LogP contribution in [0.5, 0.6) is 0 Å². The third kappa shape index (κ3) is 2.82. The second-order valence-electron chi connectivity index (χ2n) is 4.71. The Hall–Kier alpha value is -2.15. The highest BCUT2D eigenvalue weighted by molar-refractivity contribution is 9.10. The van der Waals surface area contributed by atoms with Gasteiger partial charge in [0.15, 0.2) is 5.65 Å². The zero-order valence-electron chi connectivity index (χ0n) is 11.5. The average molecular weight is 348 g/mol. The maximum Gasteiger partial charge on any atom is 0.267 e. The maximum atomic E-state index is 12.1. The third-order valence-corrected chi connectivity index (χ3v) is 3.66. The largest absolute Gasteiger partial charge is 0.350 e. The third-order valence-electron chi connectivity index (χ3n) is 3.22. The minimum absolute atomic E-state index is 0.1000. The molecule has 0 unspecified atom stereocenters. The Morgan fingerprint density at radius 1 is 1.38 bits per heavy atom. The Kier molecular flexibility index (Phi) is 3.74. The van der Waals surface area contributed by atoms with Gasteiger partial charge in [-0.1, -0.05) is 6.07 Å². The molecule has 0 aliphatic heterocycles. The van der Waals surface area contributed by atoms with E-state index in [2.05, 4.69) is 31.4 Å². The van der Waals surface area contributed by atoms with E-state index in [-0.39, 0.29) is 5.91 Å². The van der Waals surface area contributed by atoms with E-state index >= 15 is 0 Å². The Balaban J connectivity index is 1.64. The molecule has 0 saturated carbocycles. The van der Waals surface area contributed by atoms with Gasteiger partial charge in [-0.05, 0) is 34.1 Å². The Bertz CT molecular complexity index is 792. The van der Waals surface area contributed by atoms with Gasteiger partial charge in [0, 0.05) is 36.9 Å². The molecule has 3 rings (SSSR count). The number of hydrogen-bond donors (Lipinski definition) is 1. The number of nitrogens with zero attached hydrogens (tertiary/aromatic N) is 4. The summed E-state index contributed by atoms with van der Waals surface area (Å²) in [6.45, 7) is 0.511. The van der Waals surface area contributed by atoms with Crippen molar-refractivity contribution in [2.45, 2.75) is 6.42 Å². The van der Waals surface area contributed by atoms with Crippen LogP contribution in [0.15, 0.2) is 41.1 Å². The SMILES string of the molecule is Cn1cc(Br)cc1C(=O)NCCc1nnc2ccccn12. The summed E-state index contributed by atoms with van der Waals surface area (Å²) in [5.74, 6) is 0.732. The van der Waals surface area contributed by atoms with Gasteiger partial charge in [0.2, 0.25) is 0 Å². The maximum absolute atomic E-state index is 12.1. The van der Waals surface area contributed by atoms with Gasteiger partial charge in [-0.3, -0.25) is 9.20 Å². The van der Waals surface area contributed by atoms with E-state index in [1.54, 1.807) is 10.6 Å². The number of halogens is 1. The molecule has 108 valence electrons. The monoisotopic (exact) mass is 347 g/mol. The number of carbonyl (C=O) groups excluding carboxylic acids is 1. The number of rotatable bonds is 4. The van der Waals surface area contributed by atoms with E-state index in [1.807, 2.05) is 42.0 Å². The van der Waals surface area contributed by atoms with Gasteiger partial charge >= 0.3 is 0 Å². The number of pyridine rings is 1. The summed E-state index contributed by atoms with van der Waals surface area (Å²) in [5.41, 5.74) is 1.43. The molecule has 1 N–H and O–H groups in total. The zero-order chi connectivity index (χ0) is 14.8. The first kappa shape index (κ1) is 13.8. The quantitative estimate of drug-likeness (QED) is 0.782. The predicted octanol–water partition coefficient (Wildman–Crippen LogP) is 1.80. The molecule has 0 saturated heterocycles. The molecule has 0 aliphatic carbocycles. The second kappa shape index (κ2) is 5.69. The van der Waals surface area contributed by atoms with Crippen LogP contribution in [0.1, 0.15) is 16.3 Å². The highest BCUT2D eigenvalue weighted by Gasteiger charge is 2.11. The molecule has 0 atom stereocenters. The first-order chi connectivity index (χ1) is 10.1. The van der Waals surface area contributed by atoms with Gasteiger partial charge in [-0.15, -0.1) is 10.2 Å². The molecule has 7 heteroatoms. The summed E-state index contributed by atoms with van der Waals surface area (Å²) in [5, 5.41) is 11.1. The van der Waals surface area contributed by atoms with Crippen LogP contribution in [-0.2, 0) is 13.5 Å². The van der Waals surface area contributed by atoms with Gasteiger partial charge in [-0.25, -0.2) is 0 Å². The molecule has 0 spiro atoms. The van der Waals surface area contributed by atoms with Crippen LogP contribution < -0.4 is 5.32 Å². The Labute approximate surface area is 129 Å². The molecule has 3 aromatic heterocycles. The van der Waals surface area contributed by atoms with Crippen molar-refractivity contribution in [2.75, 3.05) is 6.54 Å². The van der Waals surface area contributed by atoms with E-state index < -0.39 is 0 Å². The number of aromatic nitrogens is 4. The smallest absolute Gasteiger partial charge is 0.267 e. The number of carbonyl (C=O) groups is 1. The number of hydrogen-bond acceptors (Lipinski definition) is 3. The highest BCUT2D eigenvalue weighted by Crippen LogP contribution is 2.13. The zero-order valence-corrected chi connectivity index (χ0v) is 13.0. The van der Waals surface area contributed by atoms with E-state index in [1.165, 1.54) is 0 Å². The second-order valence-corrected chi connectivity index (χ2v) is 5.62. The van der Waals surface area contributed by atoms with Crippen LogP contribution in [0, 0.1) is 0 Å². The minimum atomic E-state index is -0.1000. The van der Waals surface area contributed by atoms with Crippen molar-refractivity contribution in [3.05, 3.63) is 52.7 Å². The first-order valence-electron chi connectivity index (χ1n) is 6.54. The van der Waals surface area contributed by atoms with Crippen LogP contribution in [0.2, 0.25) is 0 Å². The van der Waals surface area contributed by atoms with Gasteiger partial charge in [0.05, 0.1) is 0 Å². The molecule has 3 aromatic rings. The molecular formula is C14H14BrN5O. The highest BCUT2D eigenvalue weighted by atomic mass is 79.9. The summed E-state index contributed by atoms with van der Waals surface area (Å²) >= 11 is 3.36. The summed E-state index contributed by atoms with van der Waals surface area (Å²) < 4.78 is 4.59. The lowest BCUT2D eigenvalue weighted by Crippen LogP contribution is -2.27. The number of nitrogens with one attached hydrogen (secondary N) is 1. The molecule has 0 aliphatic rings. The van der Waals surface area contributed by atoms with Gasteiger partial charge in [-0.2, -0.15) is 0 Å². The molecule has 0 fully saturated rings. The Morgan fingerprint density at radius 2 is 2.24 bits per heavy atom. The van der Waals surface area contributed by atoms with Crippen molar-refractivity contribution in [1.82, 2.24) is 24.5 Å². The lowest BCUT2D eigenvalue weighted by atomic mass is 10.3. The fraction of sp³-hybridized carbons (Fsp3) is 0.214. The lowest BCUT2D eigenvalue weighted by Gasteiger charge is -2.05. The van der Waals surface area contributed by atoms with Crippen molar-refractivity contribution >= 4 is 27.5 Å². The van der Waals surface area contributed by atoms with Crippen LogP contribution in [0.3, 0.4) is 0 Å². The fourth-order valence-corrected chi connectivity index (χ4v) is 2.71. The van der Waals surface area contributed by atoms with Crippen LogP contribution in [0.25, 0.3) is 5.65 Å². The normalized spacial score (nSPS) is 11.0. The molecular weight excluding hydrogens is 334 g/mol. The van der Waals surface area contributed by atoms with Gasteiger partial charge < -0.3 is 9.88 Å². The molecule has 21 heavy (non-hydrogen) atoms. The molecule has 1 amide bonds. The Morgan fingerprint density at radius 3 is 3.00 bits per heavy atom. The summed E-state index contributed by atoms with van der Waals surface area (Å²) in [7, 11) is 1.84. The standard InChI is InChI=1S/C14H14BrN5O/c1-19-9-10(15)8-11(19)14(21)16-6-5-13-18-17-12-4-2-3-7-20(12)13/h2-4,7-9H,5-6H2,1H3,(H,16,21). The van der Waals surface area contributed by atoms with Crippen LogP contribution in [-0.4, -0.2) is 31.6 Å². The molecule has 0 aromatic carbocycles. The van der Waals surface area contributed by atoms with Gasteiger partial charge in [0.1, 0.15) is 11.5 Å². The van der Waals surface area contributed by atoms with Crippen molar-refractivity contribution < 1.29 is 4.79 Å². The van der Waals surface area contributed by atoms with Crippen LogP contribution in [0.4, 0.5) is 0 Å². The van der Waals surface area contributed by atoms with E-state index in [0.29, 0.717) is 18.7 Å². The van der Waals surface area contributed by atoms with E-state index in [0.717, 1.165) is 15.9 Å². The summed E-state index contributed by atoms with van der Waals surface area (Å²) in [6.07, 6.45) is 4.39. The minimum Gasteiger partial charge on any atom is -0.350 e. The summed E-state index contributed by atoms with van der Waals surface area (Å²) in [4.78, 5) is 12.1. The molecule has 0 radical (unpaired) electrons. The van der Waals surface area contributed by atoms with Gasteiger partial charge in [0.25, 0.3) is 5.91 Å². The topological polar surface area (TPSA) is 64.2 Å². The van der Waals surface area contributed by atoms with Crippen molar-refractivity contribution in [2.24, 2.45) is 7.05 Å². The molecule has 0 bridgehead atoms. The predicted molar refractivity (Wildman–Crippen MR) is 82.1 cm³/mol. The van der Waals surface area contributed by atoms with Crippen molar-refractivity contribution in [3.8, 4) is 0 Å². The molecule has 3 heterocycles. The first-order valence-corrected chi connectivity index (χ1v) is 7.33. The van der Waals surface area contributed by atoms with Crippen molar-refractivity contribution in [1.29, 1.82) is 0 Å².